The highest BCUT2D eigenvalue weighted by atomic mass is 35.5. The van der Waals surface area contributed by atoms with Gasteiger partial charge in [-0.25, -0.2) is 0 Å². The fraction of sp³-hybridized carbons (Fsp3) is 0.500. The lowest BCUT2D eigenvalue weighted by Gasteiger charge is -2.11. The number of ether oxygens (including phenoxy) is 2. The van der Waals surface area contributed by atoms with Crippen molar-refractivity contribution in [2.75, 3.05) is 6.79 Å². The second kappa shape index (κ2) is 4.93. The molecule has 0 radical (unpaired) electrons. The highest BCUT2D eigenvalue weighted by molar-refractivity contribution is 6.32. The topological polar surface area (TPSA) is 30.5 Å². The lowest BCUT2D eigenvalue weighted by atomic mass is 10.2. The van der Waals surface area contributed by atoms with Gasteiger partial charge < -0.3 is 14.8 Å². The van der Waals surface area contributed by atoms with Gasteiger partial charge in [0.05, 0.1) is 5.02 Å². The standard InChI is InChI=1S/C12H16ClNO2/c1-3-8(2)14-6-9-4-10(13)12-11(5-9)15-7-16-12/h4-5,8,14H,3,6-7H2,1-2H3. The highest BCUT2D eigenvalue weighted by Crippen LogP contribution is 2.39. The number of hydrogen-bond donors (Lipinski definition) is 1. The van der Waals surface area contributed by atoms with Crippen LogP contribution in [0.4, 0.5) is 0 Å². The number of hydrogen-bond acceptors (Lipinski definition) is 3. The average Bonchev–Trinajstić information content (AvgIpc) is 2.74. The Morgan fingerprint density at radius 2 is 2.25 bits per heavy atom. The monoisotopic (exact) mass is 241 g/mol. The minimum Gasteiger partial charge on any atom is -0.454 e. The zero-order valence-corrected chi connectivity index (χ0v) is 10.3. The largest absolute Gasteiger partial charge is 0.454 e. The fourth-order valence-corrected chi connectivity index (χ4v) is 1.85. The predicted molar refractivity (Wildman–Crippen MR) is 64.2 cm³/mol. The van der Waals surface area contributed by atoms with E-state index < -0.39 is 0 Å². The minimum absolute atomic E-state index is 0.261. The van der Waals surface area contributed by atoms with Crippen molar-refractivity contribution >= 4 is 11.6 Å². The third-order valence-electron chi connectivity index (χ3n) is 2.75. The van der Waals surface area contributed by atoms with E-state index in [1.54, 1.807) is 0 Å². The number of rotatable bonds is 4. The first kappa shape index (κ1) is 11.6. The molecule has 4 heteroatoms. The smallest absolute Gasteiger partial charge is 0.231 e. The Hall–Kier alpha value is -0.930. The number of fused-ring (bicyclic) bond motifs is 1. The van der Waals surface area contributed by atoms with Crippen LogP contribution in [0.1, 0.15) is 25.8 Å². The summed E-state index contributed by atoms with van der Waals surface area (Å²) in [6.45, 7) is 5.38. The van der Waals surface area contributed by atoms with E-state index >= 15 is 0 Å². The average molecular weight is 242 g/mol. The molecule has 3 nitrogen and oxygen atoms in total. The SMILES string of the molecule is CCC(C)NCc1cc(Cl)c2c(c1)OCO2. The Labute approximate surface area is 101 Å². The molecule has 0 aromatic heterocycles. The fourth-order valence-electron chi connectivity index (χ4n) is 1.56. The van der Waals surface area contributed by atoms with Gasteiger partial charge in [-0.2, -0.15) is 0 Å². The lowest BCUT2D eigenvalue weighted by molar-refractivity contribution is 0.174. The van der Waals surface area contributed by atoms with Crippen molar-refractivity contribution in [1.82, 2.24) is 5.32 Å². The van der Waals surface area contributed by atoms with Crippen LogP contribution < -0.4 is 14.8 Å². The second-order valence-electron chi connectivity index (χ2n) is 4.00. The molecule has 1 aromatic carbocycles. The third kappa shape index (κ3) is 2.42. The summed E-state index contributed by atoms with van der Waals surface area (Å²) >= 11 is 6.09. The van der Waals surface area contributed by atoms with Crippen LogP contribution >= 0.6 is 11.6 Å². The Morgan fingerprint density at radius 1 is 1.44 bits per heavy atom. The molecule has 2 rings (SSSR count). The highest BCUT2D eigenvalue weighted by Gasteiger charge is 2.18. The van der Waals surface area contributed by atoms with Crippen molar-refractivity contribution in [1.29, 1.82) is 0 Å². The van der Waals surface area contributed by atoms with E-state index in [0.717, 1.165) is 24.3 Å². The molecule has 0 saturated heterocycles. The van der Waals surface area contributed by atoms with E-state index in [9.17, 15) is 0 Å². The van der Waals surface area contributed by atoms with E-state index in [4.69, 9.17) is 21.1 Å². The summed E-state index contributed by atoms with van der Waals surface area (Å²) in [4.78, 5) is 0. The first-order chi connectivity index (χ1) is 7.70. The van der Waals surface area contributed by atoms with Gasteiger partial charge in [-0.3, -0.25) is 0 Å². The van der Waals surface area contributed by atoms with Gasteiger partial charge in [0.2, 0.25) is 6.79 Å². The van der Waals surface area contributed by atoms with Crippen LogP contribution in [0.2, 0.25) is 5.02 Å². The van der Waals surface area contributed by atoms with Crippen LogP contribution in [0.25, 0.3) is 0 Å². The maximum atomic E-state index is 6.09. The van der Waals surface area contributed by atoms with Gasteiger partial charge in [-0.1, -0.05) is 18.5 Å². The van der Waals surface area contributed by atoms with Gasteiger partial charge in [-0.15, -0.1) is 0 Å². The zero-order valence-electron chi connectivity index (χ0n) is 9.55. The second-order valence-corrected chi connectivity index (χ2v) is 4.41. The van der Waals surface area contributed by atoms with Crippen molar-refractivity contribution in [3.05, 3.63) is 22.7 Å². The first-order valence-corrected chi connectivity index (χ1v) is 5.90. The molecule has 0 amide bonds. The van der Waals surface area contributed by atoms with Crippen molar-refractivity contribution in [3.8, 4) is 11.5 Å². The van der Waals surface area contributed by atoms with Crippen molar-refractivity contribution in [2.45, 2.75) is 32.9 Å². The van der Waals surface area contributed by atoms with Crippen LogP contribution in [0, 0.1) is 0 Å². The molecule has 1 atom stereocenters. The van der Waals surface area contributed by atoms with Crippen molar-refractivity contribution < 1.29 is 9.47 Å². The van der Waals surface area contributed by atoms with Gasteiger partial charge >= 0.3 is 0 Å². The summed E-state index contributed by atoms with van der Waals surface area (Å²) in [5, 5.41) is 4.03. The van der Waals surface area contributed by atoms with Gasteiger partial charge in [-0.05, 0) is 31.0 Å². The molecule has 1 aromatic rings. The van der Waals surface area contributed by atoms with E-state index in [0.29, 0.717) is 16.8 Å². The Kier molecular flexibility index (Phi) is 3.56. The molecule has 0 fully saturated rings. The van der Waals surface area contributed by atoms with Crippen LogP contribution in [-0.4, -0.2) is 12.8 Å². The molecular weight excluding hydrogens is 226 g/mol. The van der Waals surface area contributed by atoms with E-state index in [1.807, 2.05) is 12.1 Å². The Bertz CT molecular complexity index is 382. The Morgan fingerprint density at radius 3 is 3.00 bits per heavy atom. The molecular formula is C12H16ClNO2. The maximum absolute atomic E-state index is 6.09. The summed E-state index contributed by atoms with van der Waals surface area (Å²) in [6, 6.07) is 4.40. The Balaban J connectivity index is 2.08. The molecule has 0 aliphatic carbocycles. The molecule has 1 heterocycles. The van der Waals surface area contributed by atoms with Crippen LogP contribution in [0.5, 0.6) is 11.5 Å². The molecule has 1 aliphatic heterocycles. The van der Waals surface area contributed by atoms with E-state index in [1.165, 1.54) is 0 Å². The van der Waals surface area contributed by atoms with Gasteiger partial charge in [0, 0.05) is 12.6 Å². The third-order valence-corrected chi connectivity index (χ3v) is 3.03. The molecule has 1 N–H and O–H groups in total. The zero-order chi connectivity index (χ0) is 11.5. The summed E-state index contributed by atoms with van der Waals surface area (Å²) in [6.07, 6.45) is 1.11. The molecule has 1 unspecified atom stereocenters. The van der Waals surface area contributed by atoms with Crippen LogP contribution in [0.3, 0.4) is 0 Å². The maximum Gasteiger partial charge on any atom is 0.231 e. The van der Waals surface area contributed by atoms with Crippen molar-refractivity contribution in [2.24, 2.45) is 0 Å². The summed E-state index contributed by atoms with van der Waals surface area (Å²) in [5.74, 6) is 1.41. The molecule has 1 aliphatic rings. The first-order valence-electron chi connectivity index (χ1n) is 5.52. The van der Waals surface area contributed by atoms with Gasteiger partial charge in [0.1, 0.15) is 0 Å². The number of nitrogens with one attached hydrogen (secondary N) is 1. The molecule has 88 valence electrons. The van der Waals surface area contributed by atoms with Crippen LogP contribution in [-0.2, 0) is 6.54 Å². The summed E-state index contributed by atoms with van der Waals surface area (Å²) in [5.41, 5.74) is 1.12. The van der Waals surface area contributed by atoms with Gasteiger partial charge in [0.15, 0.2) is 11.5 Å². The molecule has 0 bridgehead atoms. The van der Waals surface area contributed by atoms with Crippen LogP contribution in [0.15, 0.2) is 12.1 Å². The quantitative estimate of drug-likeness (QED) is 0.879. The lowest BCUT2D eigenvalue weighted by Crippen LogP contribution is -2.24. The number of benzene rings is 1. The summed E-state index contributed by atoms with van der Waals surface area (Å²) in [7, 11) is 0. The summed E-state index contributed by atoms with van der Waals surface area (Å²) < 4.78 is 10.6. The molecule has 16 heavy (non-hydrogen) atoms. The van der Waals surface area contributed by atoms with E-state index in [2.05, 4.69) is 19.2 Å². The van der Waals surface area contributed by atoms with E-state index in [-0.39, 0.29) is 6.79 Å². The van der Waals surface area contributed by atoms with Crippen molar-refractivity contribution in [3.63, 3.8) is 0 Å². The number of halogens is 1. The minimum atomic E-state index is 0.261. The van der Waals surface area contributed by atoms with Gasteiger partial charge in [0.25, 0.3) is 0 Å². The molecule has 0 saturated carbocycles. The predicted octanol–water partition coefficient (Wildman–Crippen LogP) is 2.96. The normalized spacial score (nSPS) is 15.2. The molecule has 0 spiro atoms.